The highest BCUT2D eigenvalue weighted by molar-refractivity contribution is 5.82. The zero-order chi connectivity index (χ0) is 13.7. The van der Waals surface area contributed by atoms with Crippen LogP contribution in [0.3, 0.4) is 0 Å². The topological polar surface area (TPSA) is 53.6 Å². The van der Waals surface area contributed by atoms with Crippen LogP contribution in [0.25, 0.3) is 0 Å². The Hall–Kier alpha value is -0.650. The Balaban J connectivity index is 1.65. The molecule has 5 heteroatoms. The second kappa shape index (κ2) is 7.22. The summed E-state index contributed by atoms with van der Waals surface area (Å²) >= 11 is 0. The first kappa shape index (κ1) is 14.8. The van der Waals surface area contributed by atoms with Gasteiger partial charge in [0.05, 0.1) is 12.7 Å². The number of nitrogens with one attached hydrogen (secondary N) is 2. The van der Waals surface area contributed by atoms with Gasteiger partial charge in [-0.3, -0.25) is 4.79 Å². The Bertz CT molecular complexity index is 298. The third-order valence-corrected chi connectivity index (χ3v) is 4.07. The smallest absolute Gasteiger partial charge is 0.239 e. The predicted octanol–water partition coefficient (Wildman–Crippen LogP) is 0.211. The van der Waals surface area contributed by atoms with Crippen molar-refractivity contribution in [3.8, 4) is 0 Å². The van der Waals surface area contributed by atoms with E-state index in [0.29, 0.717) is 6.61 Å². The van der Waals surface area contributed by atoms with Crippen molar-refractivity contribution >= 4 is 5.91 Å². The van der Waals surface area contributed by atoms with Crippen molar-refractivity contribution < 1.29 is 9.53 Å². The molecule has 0 aliphatic carbocycles. The van der Waals surface area contributed by atoms with E-state index in [1.165, 1.54) is 19.4 Å². The minimum absolute atomic E-state index is 0.0382. The molecular weight excluding hydrogens is 242 g/mol. The average molecular weight is 269 g/mol. The molecule has 0 aromatic rings. The van der Waals surface area contributed by atoms with Gasteiger partial charge in [-0.2, -0.15) is 0 Å². The summed E-state index contributed by atoms with van der Waals surface area (Å²) in [7, 11) is 0. The first-order valence-electron chi connectivity index (χ1n) is 7.52. The molecule has 0 radical (unpaired) electrons. The number of likely N-dealkylation sites (tertiary alicyclic amines) is 1. The van der Waals surface area contributed by atoms with E-state index in [1.54, 1.807) is 0 Å². The first-order valence-corrected chi connectivity index (χ1v) is 7.52. The lowest BCUT2D eigenvalue weighted by molar-refractivity contribution is -0.129. The number of rotatable bonds is 4. The van der Waals surface area contributed by atoms with Crippen LogP contribution in [0.15, 0.2) is 0 Å². The van der Waals surface area contributed by atoms with Gasteiger partial charge in [-0.05, 0) is 32.2 Å². The largest absolute Gasteiger partial charge is 0.375 e. The molecular formula is C14H27N3O2. The van der Waals surface area contributed by atoms with Gasteiger partial charge in [0, 0.05) is 26.2 Å². The zero-order valence-corrected chi connectivity index (χ0v) is 12.2. The van der Waals surface area contributed by atoms with E-state index in [-0.39, 0.29) is 18.1 Å². The van der Waals surface area contributed by atoms with Gasteiger partial charge in [-0.1, -0.05) is 6.92 Å². The molecule has 2 aliphatic heterocycles. The van der Waals surface area contributed by atoms with E-state index >= 15 is 0 Å². The van der Waals surface area contributed by atoms with Gasteiger partial charge in [0.25, 0.3) is 0 Å². The minimum Gasteiger partial charge on any atom is -0.375 e. The summed E-state index contributed by atoms with van der Waals surface area (Å²) in [6, 6.07) is -0.200. The Morgan fingerprint density at radius 3 is 3.05 bits per heavy atom. The highest BCUT2D eigenvalue weighted by atomic mass is 16.5. The molecule has 5 nitrogen and oxygen atoms in total. The summed E-state index contributed by atoms with van der Waals surface area (Å²) in [5.41, 5.74) is 0. The molecule has 110 valence electrons. The van der Waals surface area contributed by atoms with Crippen LogP contribution in [0.4, 0.5) is 0 Å². The molecule has 2 aliphatic rings. The zero-order valence-electron chi connectivity index (χ0n) is 12.2. The van der Waals surface area contributed by atoms with E-state index in [0.717, 1.165) is 32.1 Å². The van der Waals surface area contributed by atoms with Gasteiger partial charge in [0.2, 0.25) is 5.91 Å². The van der Waals surface area contributed by atoms with E-state index in [2.05, 4.69) is 22.5 Å². The van der Waals surface area contributed by atoms with Crippen molar-refractivity contribution in [2.75, 3.05) is 39.3 Å². The van der Waals surface area contributed by atoms with Crippen molar-refractivity contribution in [1.82, 2.24) is 15.5 Å². The van der Waals surface area contributed by atoms with Gasteiger partial charge in [-0.25, -0.2) is 0 Å². The molecule has 1 amide bonds. The third-order valence-electron chi connectivity index (χ3n) is 4.07. The Morgan fingerprint density at radius 1 is 1.47 bits per heavy atom. The Kier molecular flexibility index (Phi) is 5.60. The summed E-state index contributed by atoms with van der Waals surface area (Å²) in [4.78, 5) is 14.5. The SMILES string of the molecule is CC1CCCN(CCNC(=O)[C@H]2NCCO[C@@H]2C)C1. The van der Waals surface area contributed by atoms with Crippen molar-refractivity contribution in [2.45, 2.75) is 38.8 Å². The molecule has 0 bridgehead atoms. The monoisotopic (exact) mass is 269 g/mol. The number of hydrogen-bond acceptors (Lipinski definition) is 4. The van der Waals surface area contributed by atoms with E-state index < -0.39 is 0 Å². The summed E-state index contributed by atoms with van der Waals surface area (Å²) in [6.45, 7) is 9.72. The van der Waals surface area contributed by atoms with Gasteiger partial charge >= 0.3 is 0 Å². The maximum Gasteiger partial charge on any atom is 0.239 e. The fourth-order valence-electron chi connectivity index (χ4n) is 2.96. The number of hydrogen-bond donors (Lipinski definition) is 2. The molecule has 0 saturated carbocycles. The lowest BCUT2D eigenvalue weighted by Gasteiger charge is -2.32. The number of piperidine rings is 1. The number of ether oxygens (including phenoxy) is 1. The van der Waals surface area contributed by atoms with Crippen LogP contribution < -0.4 is 10.6 Å². The van der Waals surface area contributed by atoms with Crippen LogP contribution in [0, 0.1) is 5.92 Å². The summed E-state index contributed by atoms with van der Waals surface area (Å²) in [6.07, 6.45) is 2.58. The maximum absolute atomic E-state index is 12.0. The van der Waals surface area contributed by atoms with Crippen LogP contribution in [-0.2, 0) is 9.53 Å². The molecule has 2 rings (SSSR count). The molecule has 2 N–H and O–H groups in total. The summed E-state index contributed by atoms with van der Waals surface area (Å²) in [5.74, 6) is 0.857. The molecule has 0 aromatic heterocycles. The molecule has 3 atom stereocenters. The minimum atomic E-state index is -0.200. The second-order valence-electron chi connectivity index (χ2n) is 5.85. The quantitative estimate of drug-likeness (QED) is 0.766. The molecule has 2 saturated heterocycles. The molecule has 19 heavy (non-hydrogen) atoms. The van der Waals surface area contributed by atoms with E-state index in [1.807, 2.05) is 6.92 Å². The van der Waals surface area contributed by atoms with E-state index in [4.69, 9.17) is 4.74 Å². The number of carbonyl (C=O) groups is 1. The number of morpholine rings is 1. The van der Waals surface area contributed by atoms with Crippen LogP contribution in [0.2, 0.25) is 0 Å². The third kappa shape index (κ3) is 4.44. The molecule has 0 spiro atoms. The number of amides is 1. The van der Waals surface area contributed by atoms with Crippen molar-refractivity contribution in [3.05, 3.63) is 0 Å². The lowest BCUT2D eigenvalue weighted by Crippen LogP contribution is -2.56. The van der Waals surface area contributed by atoms with Crippen LogP contribution in [-0.4, -0.2) is 62.3 Å². The summed E-state index contributed by atoms with van der Waals surface area (Å²) < 4.78 is 5.49. The van der Waals surface area contributed by atoms with Gasteiger partial charge in [0.1, 0.15) is 6.04 Å². The van der Waals surface area contributed by atoms with Crippen molar-refractivity contribution in [3.63, 3.8) is 0 Å². The average Bonchev–Trinajstić information content (AvgIpc) is 2.39. The lowest BCUT2D eigenvalue weighted by atomic mass is 10.0. The van der Waals surface area contributed by atoms with Crippen LogP contribution in [0.5, 0.6) is 0 Å². The summed E-state index contributed by atoms with van der Waals surface area (Å²) in [5, 5.41) is 6.24. The van der Waals surface area contributed by atoms with Gasteiger partial charge in [-0.15, -0.1) is 0 Å². The van der Waals surface area contributed by atoms with E-state index in [9.17, 15) is 4.79 Å². The van der Waals surface area contributed by atoms with Crippen molar-refractivity contribution in [1.29, 1.82) is 0 Å². The van der Waals surface area contributed by atoms with Crippen LogP contribution >= 0.6 is 0 Å². The van der Waals surface area contributed by atoms with Gasteiger partial charge < -0.3 is 20.3 Å². The van der Waals surface area contributed by atoms with Gasteiger partial charge in [0.15, 0.2) is 0 Å². The van der Waals surface area contributed by atoms with Crippen LogP contribution in [0.1, 0.15) is 26.7 Å². The number of carbonyl (C=O) groups excluding carboxylic acids is 1. The molecule has 2 heterocycles. The maximum atomic E-state index is 12.0. The molecule has 2 fully saturated rings. The fraction of sp³-hybridized carbons (Fsp3) is 0.929. The number of nitrogens with zero attached hydrogens (tertiary/aromatic N) is 1. The first-order chi connectivity index (χ1) is 9.16. The fourth-order valence-corrected chi connectivity index (χ4v) is 2.96. The highest BCUT2D eigenvalue weighted by Gasteiger charge is 2.28. The molecule has 1 unspecified atom stereocenters. The highest BCUT2D eigenvalue weighted by Crippen LogP contribution is 2.14. The van der Waals surface area contributed by atoms with Crippen molar-refractivity contribution in [2.24, 2.45) is 5.92 Å². The normalized spacial score (nSPS) is 33.1. The Morgan fingerprint density at radius 2 is 2.32 bits per heavy atom. The standard InChI is InChI=1S/C14H27N3O2/c1-11-4-3-7-17(10-11)8-5-16-14(18)13-12(2)19-9-6-15-13/h11-13,15H,3-10H2,1-2H3,(H,16,18)/t11?,12-,13+/m1/s1. The Labute approximate surface area is 116 Å². The molecule has 0 aromatic carbocycles. The predicted molar refractivity (Wildman–Crippen MR) is 75.1 cm³/mol. The second-order valence-corrected chi connectivity index (χ2v) is 5.85.